The van der Waals surface area contributed by atoms with E-state index in [2.05, 4.69) is 191 Å². The monoisotopic (exact) mass is 610 g/mol. The predicted molar refractivity (Wildman–Crippen MR) is 203 cm³/mol. The van der Waals surface area contributed by atoms with Crippen molar-refractivity contribution < 1.29 is 0 Å². The van der Waals surface area contributed by atoms with Gasteiger partial charge < -0.3 is 9.13 Å². The van der Waals surface area contributed by atoms with Crippen molar-refractivity contribution in [1.29, 1.82) is 0 Å². The number of para-hydroxylation sites is 4. The molecule has 0 unspecified atom stereocenters. The highest BCUT2D eigenvalue weighted by Gasteiger charge is 2.16. The Kier molecular flexibility index (Phi) is 5.91. The van der Waals surface area contributed by atoms with E-state index in [1.165, 1.54) is 88.0 Å². The Morgan fingerprint density at radius 3 is 1.08 bits per heavy atom. The fraction of sp³-hybridized carbons (Fsp3) is 0. The summed E-state index contributed by atoms with van der Waals surface area (Å²) in [6.07, 6.45) is 0. The van der Waals surface area contributed by atoms with Crippen molar-refractivity contribution in [3.8, 4) is 33.6 Å². The summed E-state index contributed by atoms with van der Waals surface area (Å²) in [6.45, 7) is 0. The van der Waals surface area contributed by atoms with E-state index < -0.39 is 0 Å². The van der Waals surface area contributed by atoms with Crippen LogP contribution < -0.4 is 0 Å². The summed E-state index contributed by atoms with van der Waals surface area (Å²) in [7, 11) is 0. The molecule has 0 atom stereocenters. The molecule has 224 valence electrons. The molecule has 0 aliphatic rings. The lowest BCUT2D eigenvalue weighted by molar-refractivity contribution is 1.18. The second kappa shape index (κ2) is 10.6. The molecule has 0 saturated heterocycles. The molecule has 2 nitrogen and oxygen atoms in total. The standard InChI is InChI=1S/C46H30N2/c1-3-13-33(14-4-1)47-43-23-9-7-17-39(43)41-29-31(25-27-45(41)47)35-19-11-22-38-36(20-12-21-37(35)38)32-26-28-46-42(30-32)40-18-8-10-24-44(40)48(46)34-15-5-2-6-16-34/h1-30H. The van der Waals surface area contributed by atoms with Crippen LogP contribution >= 0.6 is 0 Å². The maximum Gasteiger partial charge on any atom is 0.0541 e. The minimum Gasteiger partial charge on any atom is -0.309 e. The van der Waals surface area contributed by atoms with E-state index in [0.29, 0.717) is 0 Å². The van der Waals surface area contributed by atoms with Gasteiger partial charge in [0.15, 0.2) is 0 Å². The first-order valence-corrected chi connectivity index (χ1v) is 16.5. The van der Waals surface area contributed by atoms with Crippen LogP contribution in [0.5, 0.6) is 0 Å². The fourth-order valence-electron chi connectivity index (χ4n) is 7.80. The van der Waals surface area contributed by atoms with Gasteiger partial charge in [-0.1, -0.05) is 121 Å². The Bertz CT molecular complexity index is 2620. The number of hydrogen-bond donors (Lipinski definition) is 0. The Labute approximate surface area is 278 Å². The smallest absolute Gasteiger partial charge is 0.0541 e. The zero-order chi connectivity index (χ0) is 31.6. The lowest BCUT2D eigenvalue weighted by atomic mass is 9.92. The van der Waals surface area contributed by atoms with E-state index in [0.717, 1.165) is 0 Å². The van der Waals surface area contributed by atoms with Gasteiger partial charge >= 0.3 is 0 Å². The van der Waals surface area contributed by atoms with Gasteiger partial charge in [-0.3, -0.25) is 0 Å². The number of nitrogens with zero attached hydrogens (tertiary/aromatic N) is 2. The maximum atomic E-state index is 2.38. The number of aromatic nitrogens is 2. The zero-order valence-electron chi connectivity index (χ0n) is 26.2. The third-order valence-corrected chi connectivity index (χ3v) is 9.92. The summed E-state index contributed by atoms with van der Waals surface area (Å²) in [6, 6.07) is 66.2. The summed E-state index contributed by atoms with van der Waals surface area (Å²) in [5, 5.41) is 7.57. The van der Waals surface area contributed by atoms with E-state index >= 15 is 0 Å². The van der Waals surface area contributed by atoms with E-state index in [9.17, 15) is 0 Å². The summed E-state index contributed by atoms with van der Waals surface area (Å²) >= 11 is 0. The van der Waals surface area contributed by atoms with Crippen LogP contribution in [0.4, 0.5) is 0 Å². The maximum absolute atomic E-state index is 2.38. The predicted octanol–water partition coefficient (Wildman–Crippen LogP) is 12.4. The molecule has 10 aromatic rings. The van der Waals surface area contributed by atoms with Gasteiger partial charge in [0.25, 0.3) is 0 Å². The van der Waals surface area contributed by atoms with E-state index in [1.54, 1.807) is 0 Å². The SMILES string of the molecule is c1ccc(-n2c3ccccc3c3cc(-c4cccc5c(-c6ccc7c(c6)c6ccccc6n7-c6ccccc6)cccc45)ccc32)cc1. The Hall–Kier alpha value is -6.38. The van der Waals surface area contributed by atoms with Crippen molar-refractivity contribution in [2.75, 3.05) is 0 Å². The second-order valence-electron chi connectivity index (χ2n) is 12.5. The normalized spacial score (nSPS) is 11.8. The molecule has 10 rings (SSSR count). The van der Waals surface area contributed by atoms with Crippen LogP contribution in [0.3, 0.4) is 0 Å². The lowest BCUT2D eigenvalue weighted by Crippen LogP contribution is -1.93. The molecule has 2 heterocycles. The molecular formula is C46H30N2. The first-order valence-electron chi connectivity index (χ1n) is 16.5. The third kappa shape index (κ3) is 4.00. The Morgan fingerprint density at radius 2 is 0.625 bits per heavy atom. The van der Waals surface area contributed by atoms with Crippen LogP contribution in [0, 0.1) is 0 Å². The number of rotatable bonds is 4. The number of hydrogen-bond acceptors (Lipinski definition) is 0. The fourth-order valence-corrected chi connectivity index (χ4v) is 7.80. The molecule has 0 amide bonds. The molecule has 48 heavy (non-hydrogen) atoms. The van der Waals surface area contributed by atoms with Gasteiger partial charge in [0.1, 0.15) is 0 Å². The topological polar surface area (TPSA) is 9.86 Å². The molecule has 0 bridgehead atoms. The van der Waals surface area contributed by atoms with Gasteiger partial charge in [-0.2, -0.15) is 0 Å². The van der Waals surface area contributed by atoms with Crippen LogP contribution in [0.25, 0.3) is 88.0 Å². The van der Waals surface area contributed by atoms with Crippen LogP contribution in [0.2, 0.25) is 0 Å². The van der Waals surface area contributed by atoms with Crippen molar-refractivity contribution in [1.82, 2.24) is 9.13 Å². The second-order valence-corrected chi connectivity index (χ2v) is 12.5. The minimum absolute atomic E-state index is 1.18. The van der Waals surface area contributed by atoms with E-state index in [1.807, 2.05) is 0 Å². The van der Waals surface area contributed by atoms with Crippen LogP contribution in [-0.2, 0) is 0 Å². The highest BCUT2D eigenvalue weighted by atomic mass is 15.0. The van der Waals surface area contributed by atoms with Crippen molar-refractivity contribution in [3.63, 3.8) is 0 Å². The summed E-state index contributed by atoms with van der Waals surface area (Å²) in [5.41, 5.74) is 12.2. The lowest BCUT2D eigenvalue weighted by Gasteiger charge is -2.13. The van der Waals surface area contributed by atoms with E-state index in [-0.39, 0.29) is 0 Å². The minimum atomic E-state index is 1.18. The summed E-state index contributed by atoms with van der Waals surface area (Å²) in [4.78, 5) is 0. The van der Waals surface area contributed by atoms with Gasteiger partial charge in [-0.15, -0.1) is 0 Å². The van der Waals surface area contributed by atoms with Gasteiger partial charge in [0, 0.05) is 32.9 Å². The van der Waals surface area contributed by atoms with Crippen molar-refractivity contribution >= 4 is 54.4 Å². The molecule has 2 heteroatoms. The summed E-state index contributed by atoms with van der Waals surface area (Å²) in [5.74, 6) is 0. The first-order chi connectivity index (χ1) is 23.8. The van der Waals surface area contributed by atoms with Gasteiger partial charge in [0.05, 0.1) is 22.1 Å². The van der Waals surface area contributed by atoms with Gasteiger partial charge in [0.2, 0.25) is 0 Å². The van der Waals surface area contributed by atoms with Crippen LogP contribution in [0.1, 0.15) is 0 Å². The van der Waals surface area contributed by atoms with Crippen molar-refractivity contribution in [2.24, 2.45) is 0 Å². The van der Waals surface area contributed by atoms with E-state index in [4.69, 9.17) is 0 Å². The Morgan fingerprint density at radius 1 is 0.250 bits per heavy atom. The number of benzene rings is 8. The quantitative estimate of drug-likeness (QED) is 0.188. The summed E-state index contributed by atoms with van der Waals surface area (Å²) < 4.78 is 4.75. The average molecular weight is 611 g/mol. The molecule has 2 aromatic heterocycles. The zero-order valence-corrected chi connectivity index (χ0v) is 26.2. The largest absolute Gasteiger partial charge is 0.309 e. The molecule has 0 saturated carbocycles. The first kappa shape index (κ1) is 26.8. The molecule has 0 radical (unpaired) electrons. The number of fused-ring (bicyclic) bond motifs is 7. The van der Waals surface area contributed by atoms with Crippen LogP contribution in [-0.4, -0.2) is 9.13 Å². The highest BCUT2D eigenvalue weighted by Crippen LogP contribution is 2.40. The molecule has 0 fully saturated rings. The van der Waals surface area contributed by atoms with Crippen molar-refractivity contribution in [2.45, 2.75) is 0 Å². The average Bonchev–Trinajstić information content (AvgIpc) is 3.67. The molecular weight excluding hydrogens is 581 g/mol. The van der Waals surface area contributed by atoms with Gasteiger partial charge in [-0.05, 0) is 93.7 Å². The third-order valence-electron chi connectivity index (χ3n) is 9.92. The molecule has 0 aliphatic heterocycles. The van der Waals surface area contributed by atoms with Gasteiger partial charge in [-0.25, -0.2) is 0 Å². The van der Waals surface area contributed by atoms with Crippen molar-refractivity contribution in [3.05, 3.63) is 182 Å². The highest BCUT2D eigenvalue weighted by molar-refractivity contribution is 6.14. The molecule has 0 aliphatic carbocycles. The Balaban J connectivity index is 1.15. The molecule has 8 aromatic carbocycles. The van der Waals surface area contributed by atoms with Crippen LogP contribution in [0.15, 0.2) is 182 Å². The molecule has 0 spiro atoms. The molecule has 0 N–H and O–H groups in total.